The Bertz CT molecular complexity index is 3140. The van der Waals surface area contributed by atoms with Gasteiger partial charge in [-0.2, -0.15) is 26.3 Å². The molecule has 0 spiro atoms. The molecule has 8 aromatic rings. The second-order valence-electron chi connectivity index (χ2n) is 15.8. The zero-order valence-electron chi connectivity index (χ0n) is 37.5. The highest BCUT2D eigenvalue weighted by atomic mass is 35.5. The number of rotatable bonds is 13. The first-order valence-corrected chi connectivity index (χ1v) is 22.2. The normalized spacial score (nSPS) is 11.4. The van der Waals surface area contributed by atoms with Crippen LogP contribution in [0.3, 0.4) is 0 Å². The van der Waals surface area contributed by atoms with Crippen molar-refractivity contribution in [2.24, 2.45) is 0 Å². The van der Waals surface area contributed by atoms with Gasteiger partial charge in [0.1, 0.15) is 24.7 Å². The van der Waals surface area contributed by atoms with Gasteiger partial charge in [-0.1, -0.05) is 59.6 Å². The Balaban J connectivity index is 0.000000207. The predicted molar refractivity (Wildman–Crippen MR) is 256 cm³/mol. The van der Waals surface area contributed by atoms with Gasteiger partial charge in [-0.15, -0.1) is 0 Å². The van der Waals surface area contributed by atoms with Crippen LogP contribution in [-0.4, -0.2) is 32.8 Å². The maximum absolute atomic E-state index is 13.6. The van der Waals surface area contributed by atoms with Crippen LogP contribution in [0, 0.1) is 13.8 Å². The van der Waals surface area contributed by atoms with E-state index in [1.165, 1.54) is 24.3 Å². The van der Waals surface area contributed by atoms with Crippen LogP contribution in [0.2, 0.25) is 10.0 Å². The summed E-state index contributed by atoms with van der Waals surface area (Å²) in [6.45, 7) is 5.85. The Morgan fingerprint density at radius 2 is 0.957 bits per heavy atom. The summed E-state index contributed by atoms with van der Waals surface area (Å²) in [6, 6.07) is 40.7. The predicted octanol–water partition coefficient (Wildman–Crippen LogP) is 15.3. The summed E-state index contributed by atoms with van der Waals surface area (Å²) < 4.78 is 102. The maximum atomic E-state index is 13.6. The smallest absolute Gasteiger partial charge is 0.416 e. The number of benzene rings is 6. The summed E-state index contributed by atoms with van der Waals surface area (Å²) in [7, 11) is 0. The lowest BCUT2D eigenvalue weighted by Gasteiger charge is -2.18. The number of hydrogen-bond acceptors (Lipinski definition) is 5. The Kier molecular flexibility index (Phi) is 15.5. The van der Waals surface area contributed by atoms with Crippen molar-refractivity contribution >= 4 is 35.1 Å². The zero-order chi connectivity index (χ0) is 50.3. The van der Waals surface area contributed by atoms with Crippen LogP contribution in [0.15, 0.2) is 158 Å². The van der Waals surface area contributed by atoms with E-state index >= 15 is 0 Å². The molecule has 70 heavy (non-hydrogen) atoms. The number of aryl methyl sites for hydroxylation is 2. The number of nitrogens with zero attached hydrogens (tertiary/aromatic N) is 2. The summed E-state index contributed by atoms with van der Waals surface area (Å²) in [5, 5.41) is 10.5. The fourth-order valence-corrected chi connectivity index (χ4v) is 7.75. The van der Waals surface area contributed by atoms with E-state index < -0.39 is 35.4 Å². The Morgan fingerprint density at radius 1 is 0.543 bits per heavy atom. The lowest BCUT2D eigenvalue weighted by atomic mass is 10.1. The van der Waals surface area contributed by atoms with Crippen LogP contribution in [0.5, 0.6) is 11.5 Å². The summed E-state index contributed by atoms with van der Waals surface area (Å²) in [5.41, 5.74) is 4.48. The van der Waals surface area contributed by atoms with E-state index in [4.69, 9.17) is 37.4 Å². The number of carboxylic acids is 1. The van der Waals surface area contributed by atoms with Gasteiger partial charge in [0.2, 0.25) is 0 Å². The van der Waals surface area contributed by atoms with Gasteiger partial charge in [-0.05, 0) is 153 Å². The fraction of sp³-hybridized carbons (Fsp3) is 0.148. The van der Waals surface area contributed by atoms with Crippen molar-refractivity contribution in [2.45, 2.75) is 46.3 Å². The summed E-state index contributed by atoms with van der Waals surface area (Å²) in [5.74, 6) is -1.02. The first-order valence-electron chi connectivity index (χ1n) is 21.5. The molecule has 0 atom stereocenters. The number of hydrogen-bond donors (Lipinski definition) is 1. The number of ether oxygens (including phenoxy) is 3. The van der Waals surface area contributed by atoms with Gasteiger partial charge in [0.15, 0.2) is 0 Å². The average molecular weight is 1000 g/mol. The fourth-order valence-electron chi connectivity index (χ4n) is 7.50. The van der Waals surface area contributed by atoms with Crippen LogP contribution < -0.4 is 9.47 Å². The third-order valence-electron chi connectivity index (χ3n) is 10.9. The number of carbonyl (C=O) groups is 2. The Morgan fingerprint density at radius 3 is 1.36 bits per heavy atom. The van der Waals surface area contributed by atoms with Crippen molar-refractivity contribution < 1.29 is 55.2 Å². The van der Waals surface area contributed by atoms with Crippen molar-refractivity contribution in [3.63, 3.8) is 0 Å². The first-order chi connectivity index (χ1) is 33.3. The standard InChI is InChI=1S/C28H23ClF3NO3.C26H19ClF3NO3/c1-3-35-27(34)20-5-4-6-23(15-20)33-18(2)7-13-25(33)24-16-21(28(30,31)32)10-14-26(24)36-17-19-8-11-22(29)12-9-19;1-16-5-11-23(31(16)21-4-2-3-18(13-21)25(32)33)22-14-19(26(28,29)30)8-12-24(22)34-15-17-6-9-20(27)10-7-17/h4-16H,3,17H2,1-2H3;2-14H,15H2,1H3,(H,32,33). The highest BCUT2D eigenvalue weighted by molar-refractivity contribution is 6.30. The summed E-state index contributed by atoms with van der Waals surface area (Å²) in [6.07, 6.45) is -9.07. The molecule has 0 aliphatic carbocycles. The van der Waals surface area contributed by atoms with E-state index in [-0.39, 0.29) is 42.3 Å². The third-order valence-corrected chi connectivity index (χ3v) is 11.4. The van der Waals surface area contributed by atoms with E-state index in [0.29, 0.717) is 44.1 Å². The van der Waals surface area contributed by atoms with Gasteiger partial charge in [0, 0.05) is 43.9 Å². The SMILES string of the molecule is CCOC(=O)c1cccc(-n2c(C)ccc2-c2cc(C(F)(F)F)ccc2OCc2ccc(Cl)cc2)c1.Cc1ccc(-c2cc(C(F)(F)F)ccc2OCc2ccc(Cl)cc2)n1-c1cccc(C(=O)O)c1. The van der Waals surface area contributed by atoms with E-state index in [9.17, 15) is 41.0 Å². The molecule has 8 rings (SSSR count). The highest BCUT2D eigenvalue weighted by Gasteiger charge is 2.33. The molecule has 2 heterocycles. The molecule has 1 N–H and O–H groups in total. The van der Waals surface area contributed by atoms with E-state index in [1.807, 2.05) is 6.92 Å². The molecule has 0 unspecified atom stereocenters. The van der Waals surface area contributed by atoms with E-state index in [2.05, 4.69) is 0 Å². The Hall–Kier alpha value is -7.42. The van der Waals surface area contributed by atoms with Crippen LogP contribution >= 0.6 is 23.2 Å². The van der Waals surface area contributed by atoms with Gasteiger partial charge < -0.3 is 28.5 Å². The van der Waals surface area contributed by atoms with Crippen molar-refractivity contribution in [1.29, 1.82) is 0 Å². The number of aromatic carboxylic acids is 1. The average Bonchev–Trinajstić information content (AvgIpc) is 3.92. The molecular weight excluding hydrogens is 957 g/mol. The molecule has 6 aromatic carbocycles. The molecule has 0 fully saturated rings. The van der Waals surface area contributed by atoms with Gasteiger partial charge in [-0.25, -0.2) is 9.59 Å². The zero-order valence-corrected chi connectivity index (χ0v) is 39.1. The minimum Gasteiger partial charge on any atom is -0.488 e. The minimum atomic E-state index is -4.54. The first kappa shape index (κ1) is 50.5. The molecule has 0 amide bonds. The number of esters is 1. The topological polar surface area (TPSA) is 91.9 Å². The second-order valence-corrected chi connectivity index (χ2v) is 16.6. The van der Waals surface area contributed by atoms with Crippen LogP contribution in [0.4, 0.5) is 26.3 Å². The second kappa shape index (κ2) is 21.5. The number of carbonyl (C=O) groups excluding carboxylic acids is 1. The maximum Gasteiger partial charge on any atom is 0.416 e. The molecule has 0 aliphatic rings. The van der Waals surface area contributed by atoms with Gasteiger partial charge >= 0.3 is 24.3 Å². The molecule has 8 nitrogen and oxygen atoms in total. The van der Waals surface area contributed by atoms with E-state index in [0.717, 1.165) is 46.8 Å². The van der Waals surface area contributed by atoms with Crippen molar-refractivity contribution in [2.75, 3.05) is 6.61 Å². The van der Waals surface area contributed by atoms with Crippen LogP contribution in [-0.2, 0) is 30.3 Å². The molecule has 0 bridgehead atoms. The van der Waals surface area contributed by atoms with Gasteiger partial charge in [0.05, 0.1) is 40.2 Å². The molecule has 2 aromatic heterocycles. The number of halogens is 8. The molecular formula is C54H42Cl2F6N2O6. The molecule has 0 saturated carbocycles. The van der Waals surface area contributed by atoms with Gasteiger partial charge in [0.25, 0.3) is 0 Å². The molecule has 0 aliphatic heterocycles. The van der Waals surface area contributed by atoms with Crippen molar-refractivity contribution in [3.05, 3.63) is 213 Å². The number of carboxylic acid groups (broad SMARTS) is 1. The number of aromatic nitrogens is 2. The molecule has 0 radical (unpaired) electrons. The number of alkyl halides is 6. The largest absolute Gasteiger partial charge is 0.488 e. The highest BCUT2D eigenvalue weighted by Crippen LogP contribution is 2.41. The minimum absolute atomic E-state index is 0.0693. The molecule has 16 heteroatoms. The van der Waals surface area contributed by atoms with Gasteiger partial charge in [-0.3, -0.25) is 0 Å². The lowest BCUT2D eigenvalue weighted by molar-refractivity contribution is -0.138. The molecule has 360 valence electrons. The van der Waals surface area contributed by atoms with Crippen LogP contribution in [0.1, 0.15) is 61.3 Å². The third kappa shape index (κ3) is 12.1. The van der Waals surface area contributed by atoms with E-state index in [1.54, 1.807) is 132 Å². The van der Waals surface area contributed by atoms with Crippen molar-refractivity contribution in [3.8, 4) is 45.4 Å². The quantitative estimate of drug-likeness (QED) is 0.0914. The van der Waals surface area contributed by atoms with Crippen molar-refractivity contribution in [1.82, 2.24) is 9.13 Å². The monoisotopic (exact) mass is 998 g/mol. The lowest BCUT2D eigenvalue weighted by Crippen LogP contribution is -2.08. The summed E-state index contributed by atoms with van der Waals surface area (Å²) >= 11 is 11.9. The molecule has 0 saturated heterocycles. The summed E-state index contributed by atoms with van der Waals surface area (Å²) in [4.78, 5) is 23.7. The Labute approximate surface area is 408 Å². The van der Waals surface area contributed by atoms with Crippen LogP contribution in [0.25, 0.3) is 33.9 Å².